The number of nitrogens with zero attached hydrogens (tertiary/aromatic N) is 4. The van der Waals surface area contributed by atoms with E-state index in [0.717, 1.165) is 51.1 Å². The summed E-state index contributed by atoms with van der Waals surface area (Å²) in [5.41, 5.74) is 5.49. The summed E-state index contributed by atoms with van der Waals surface area (Å²) >= 11 is 0. The van der Waals surface area contributed by atoms with Crippen molar-refractivity contribution in [2.45, 2.75) is 51.6 Å². The van der Waals surface area contributed by atoms with Crippen molar-refractivity contribution in [2.24, 2.45) is 0 Å². The Morgan fingerprint density at radius 2 is 2.03 bits per heavy atom. The van der Waals surface area contributed by atoms with Gasteiger partial charge in [0.15, 0.2) is 0 Å². The van der Waals surface area contributed by atoms with Gasteiger partial charge in [-0.3, -0.25) is 14.7 Å². The second kappa shape index (κ2) is 8.91. The van der Waals surface area contributed by atoms with Crippen molar-refractivity contribution < 1.29 is 4.79 Å². The van der Waals surface area contributed by atoms with Crippen LogP contribution in [0.4, 0.5) is 5.69 Å². The number of rotatable bonds is 4. The van der Waals surface area contributed by atoms with Crippen LogP contribution in [0.1, 0.15) is 53.0 Å². The first-order valence-electron chi connectivity index (χ1n) is 10.7. The maximum Gasteiger partial charge on any atom is 0.271 e. The topological polar surface area (TPSA) is 61.4 Å². The Bertz CT molecular complexity index is 851. The Hall–Kier alpha value is -2.47. The number of carbonyl (C=O) groups is 1. The number of aryl methyl sites for hydroxylation is 2. The van der Waals surface area contributed by atoms with E-state index in [4.69, 9.17) is 0 Å². The van der Waals surface area contributed by atoms with Crippen LogP contribution in [0, 0.1) is 6.92 Å². The summed E-state index contributed by atoms with van der Waals surface area (Å²) in [7, 11) is 2.18. The monoisotopic (exact) mass is 393 g/mol. The van der Waals surface area contributed by atoms with Crippen molar-refractivity contribution in [3.8, 4) is 0 Å². The molecule has 0 unspecified atom stereocenters. The molecule has 2 aliphatic heterocycles. The number of hydrogen-bond acceptors (Lipinski definition) is 5. The lowest BCUT2D eigenvalue weighted by Gasteiger charge is -2.28. The standard InChI is InChI=1S/C23H31N5O/c1-17-14-25-21(15-24-17)23(29)26-20-6-4-11-28(12-9-20)16-18-7-8-22-19(13-18)5-3-10-27(22)2/h7-8,13-15,20H,3-6,9-12,16H2,1-2H3,(H,26,29)/t20-/m1/s1. The summed E-state index contributed by atoms with van der Waals surface area (Å²) in [6, 6.07) is 7.16. The van der Waals surface area contributed by atoms with E-state index in [1.807, 2.05) is 6.92 Å². The van der Waals surface area contributed by atoms with Crippen LogP contribution in [0.2, 0.25) is 0 Å². The maximum absolute atomic E-state index is 12.4. The van der Waals surface area contributed by atoms with Crippen molar-refractivity contribution in [3.63, 3.8) is 0 Å². The van der Waals surface area contributed by atoms with Gasteiger partial charge < -0.3 is 10.2 Å². The number of amides is 1. The lowest BCUT2D eigenvalue weighted by atomic mass is 9.99. The molecule has 6 heteroatoms. The fourth-order valence-corrected chi connectivity index (χ4v) is 4.42. The normalized spacial score (nSPS) is 20.1. The minimum atomic E-state index is -0.116. The van der Waals surface area contributed by atoms with Gasteiger partial charge in [0.25, 0.3) is 5.91 Å². The Balaban J connectivity index is 1.32. The first-order valence-corrected chi connectivity index (χ1v) is 10.7. The molecule has 1 atom stereocenters. The van der Waals surface area contributed by atoms with Crippen LogP contribution in [-0.2, 0) is 13.0 Å². The SMILES string of the molecule is Cc1cnc(C(=O)N[C@@H]2CCCN(Cc3ccc4c(c3)CCCN4C)CC2)cn1. The van der Waals surface area contributed by atoms with Crippen LogP contribution in [0.5, 0.6) is 0 Å². The largest absolute Gasteiger partial charge is 0.374 e. The van der Waals surface area contributed by atoms with Gasteiger partial charge in [-0.2, -0.15) is 0 Å². The molecule has 3 heterocycles. The van der Waals surface area contributed by atoms with Gasteiger partial charge in [0.1, 0.15) is 5.69 Å². The second-order valence-electron chi connectivity index (χ2n) is 8.41. The molecule has 0 saturated carbocycles. The van der Waals surface area contributed by atoms with E-state index in [-0.39, 0.29) is 11.9 Å². The molecule has 29 heavy (non-hydrogen) atoms. The highest BCUT2D eigenvalue weighted by atomic mass is 16.1. The Morgan fingerprint density at radius 1 is 1.14 bits per heavy atom. The number of nitrogens with one attached hydrogen (secondary N) is 1. The van der Waals surface area contributed by atoms with E-state index in [2.05, 4.69) is 50.3 Å². The third kappa shape index (κ3) is 4.93. The van der Waals surface area contributed by atoms with Crippen molar-refractivity contribution in [1.82, 2.24) is 20.2 Å². The molecule has 0 bridgehead atoms. The van der Waals surface area contributed by atoms with Crippen molar-refractivity contribution in [2.75, 3.05) is 31.6 Å². The van der Waals surface area contributed by atoms with Crippen molar-refractivity contribution in [1.29, 1.82) is 0 Å². The molecule has 2 aromatic rings. The first-order chi connectivity index (χ1) is 14.1. The van der Waals surface area contributed by atoms with Crippen LogP contribution in [0.3, 0.4) is 0 Å². The first kappa shape index (κ1) is 19.8. The molecule has 0 aliphatic carbocycles. The minimum absolute atomic E-state index is 0.116. The Labute approximate surface area is 173 Å². The summed E-state index contributed by atoms with van der Waals surface area (Å²) in [6.45, 7) is 6.09. The minimum Gasteiger partial charge on any atom is -0.374 e. The average molecular weight is 394 g/mol. The van der Waals surface area contributed by atoms with E-state index in [1.165, 1.54) is 29.7 Å². The highest BCUT2D eigenvalue weighted by Crippen LogP contribution is 2.27. The number of anilines is 1. The fourth-order valence-electron chi connectivity index (χ4n) is 4.42. The molecule has 6 nitrogen and oxygen atoms in total. The van der Waals surface area contributed by atoms with Gasteiger partial charge in [0, 0.05) is 44.6 Å². The van der Waals surface area contributed by atoms with Crippen LogP contribution in [0.15, 0.2) is 30.6 Å². The third-order valence-corrected chi connectivity index (χ3v) is 6.07. The van der Waals surface area contributed by atoms with Gasteiger partial charge in [-0.1, -0.05) is 12.1 Å². The Kier molecular flexibility index (Phi) is 6.09. The van der Waals surface area contributed by atoms with E-state index >= 15 is 0 Å². The van der Waals surface area contributed by atoms with E-state index in [0.29, 0.717) is 5.69 Å². The van der Waals surface area contributed by atoms with Crippen LogP contribution in [0.25, 0.3) is 0 Å². The molecule has 0 radical (unpaired) electrons. The zero-order valence-electron chi connectivity index (χ0n) is 17.5. The number of benzene rings is 1. The molecular formula is C23H31N5O. The van der Waals surface area contributed by atoms with Gasteiger partial charge in [-0.05, 0) is 62.8 Å². The van der Waals surface area contributed by atoms with Crippen LogP contribution >= 0.6 is 0 Å². The lowest BCUT2D eigenvalue weighted by Crippen LogP contribution is -2.36. The molecule has 1 aromatic carbocycles. The molecule has 0 spiro atoms. The zero-order chi connectivity index (χ0) is 20.2. The molecule has 2 aliphatic rings. The highest BCUT2D eigenvalue weighted by molar-refractivity contribution is 5.92. The van der Waals surface area contributed by atoms with Gasteiger partial charge in [-0.15, -0.1) is 0 Å². The summed E-state index contributed by atoms with van der Waals surface area (Å²) in [5, 5.41) is 3.15. The fraction of sp³-hybridized carbons (Fsp3) is 0.522. The summed E-state index contributed by atoms with van der Waals surface area (Å²) in [6.07, 6.45) is 8.70. The molecule has 1 aromatic heterocycles. The number of hydrogen-bond donors (Lipinski definition) is 1. The number of carbonyl (C=O) groups excluding carboxylic acids is 1. The van der Waals surface area contributed by atoms with E-state index in [1.54, 1.807) is 12.4 Å². The highest BCUT2D eigenvalue weighted by Gasteiger charge is 2.21. The quantitative estimate of drug-likeness (QED) is 0.865. The van der Waals surface area contributed by atoms with E-state index < -0.39 is 0 Å². The van der Waals surface area contributed by atoms with Crippen molar-refractivity contribution >= 4 is 11.6 Å². The number of fused-ring (bicyclic) bond motifs is 1. The maximum atomic E-state index is 12.4. The number of aromatic nitrogens is 2. The van der Waals surface area contributed by atoms with Crippen LogP contribution in [-0.4, -0.2) is 53.5 Å². The Morgan fingerprint density at radius 3 is 2.86 bits per heavy atom. The number of likely N-dealkylation sites (tertiary alicyclic amines) is 1. The van der Waals surface area contributed by atoms with Gasteiger partial charge >= 0.3 is 0 Å². The van der Waals surface area contributed by atoms with Gasteiger partial charge in [0.2, 0.25) is 0 Å². The smallest absolute Gasteiger partial charge is 0.271 e. The molecule has 154 valence electrons. The third-order valence-electron chi connectivity index (χ3n) is 6.07. The van der Waals surface area contributed by atoms with Crippen molar-refractivity contribution in [3.05, 3.63) is 53.1 Å². The zero-order valence-corrected chi connectivity index (χ0v) is 17.5. The molecule has 1 saturated heterocycles. The van der Waals surface area contributed by atoms with Gasteiger partial charge in [0.05, 0.1) is 11.9 Å². The molecular weight excluding hydrogens is 362 g/mol. The van der Waals surface area contributed by atoms with E-state index in [9.17, 15) is 4.79 Å². The molecule has 1 fully saturated rings. The molecule has 1 N–H and O–H groups in total. The molecule has 4 rings (SSSR count). The van der Waals surface area contributed by atoms with Gasteiger partial charge in [-0.25, -0.2) is 4.98 Å². The summed E-state index contributed by atoms with van der Waals surface area (Å²) in [5.74, 6) is -0.116. The lowest BCUT2D eigenvalue weighted by molar-refractivity contribution is 0.0927. The molecule has 1 amide bonds. The van der Waals surface area contributed by atoms with Crippen LogP contribution < -0.4 is 10.2 Å². The predicted octanol–water partition coefficient (Wildman–Crippen LogP) is 2.95. The predicted molar refractivity (Wildman–Crippen MR) is 115 cm³/mol. The average Bonchev–Trinajstić information content (AvgIpc) is 2.94. The second-order valence-corrected chi connectivity index (χ2v) is 8.41. The summed E-state index contributed by atoms with van der Waals surface area (Å²) in [4.78, 5) is 25.7. The summed E-state index contributed by atoms with van der Waals surface area (Å²) < 4.78 is 0.